The van der Waals surface area contributed by atoms with Gasteiger partial charge in [0.25, 0.3) is 0 Å². The molecule has 1 aliphatic heterocycles. The molecule has 2 unspecified atom stereocenters. The van der Waals surface area contributed by atoms with Gasteiger partial charge in [-0.1, -0.05) is 18.2 Å². The highest BCUT2D eigenvalue weighted by atomic mass is 127. The van der Waals surface area contributed by atoms with Crippen molar-refractivity contribution in [3.63, 3.8) is 0 Å². The summed E-state index contributed by atoms with van der Waals surface area (Å²) in [6.45, 7) is 3.69. The highest BCUT2D eigenvalue weighted by Crippen LogP contribution is 2.25. The number of rotatable bonds is 4. The first-order chi connectivity index (χ1) is 13.5. The normalized spacial score (nSPS) is 19.5. The van der Waals surface area contributed by atoms with Gasteiger partial charge in [0.05, 0.1) is 19.8 Å². The van der Waals surface area contributed by atoms with E-state index in [1.807, 2.05) is 13.0 Å². The minimum absolute atomic E-state index is 0. The van der Waals surface area contributed by atoms with Crippen LogP contribution < -0.4 is 10.1 Å². The zero-order chi connectivity index (χ0) is 20.1. The minimum Gasteiger partial charge on any atom is -0.494 e. The molecule has 1 N–H and O–H groups in total. The summed E-state index contributed by atoms with van der Waals surface area (Å²) in [5.41, 5.74) is 1.71. The molecule has 2 atom stereocenters. The van der Waals surface area contributed by atoms with E-state index in [-0.39, 0.29) is 47.8 Å². The van der Waals surface area contributed by atoms with Crippen molar-refractivity contribution >= 4 is 29.9 Å². The number of nitrogens with zero attached hydrogens (tertiary/aromatic N) is 2. The molecule has 1 aliphatic rings. The van der Waals surface area contributed by atoms with Crippen LogP contribution in [0.2, 0.25) is 0 Å². The summed E-state index contributed by atoms with van der Waals surface area (Å²) in [5.74, 6) is 0.262. The molecule has 1 heterocycles. The lowest BCUT2D eigenvalue weighted by Gasteiger charge is -2.38. The Balaban J connectivity index is 0.00000300. The Morgan fingerprint density at radius 2 is 1.93 bits per heavy atom. The van der Waals surface area contributed by atoms with Gasteiger partial charge in [0.1, 0.15) is 11.9 Å². The van der Waals surface area contributed by atoms with Crippen molar-refractivity contribution in [3.05, 3.63) is 65.2 Å². The van der Waals surface area contributed by atoms with Crippen molar-refractivity contribution in [3.8, 4) is 5.75 Å². The van der Waals surface area contributed by atoms with Gasteiger partial charge in [-0.05, 0) is 42.3 Å². The van der Waals surface area contributed by atoms with Crippen LogP contribution >= 0.6 is 24.0 Å². The van der Waals surface area contributed by atoms with Gasteiger partial charge >= 0.3 is 0 Å². The van der Waals surface area contributed by atoms with Gasteiger partial charge < -0.3 is 19.7 Å². The summed E-state index contributed by atoms with van der Waals surface area (Å²) in [4.78, 5) is 6.46. The maximum Gasteiger partial charge on any atom is 0.194 e. The third kappa shape index (κ3) is 6.02. The molecule has 3 rings (SSSR count). The maximum absolute atomic E-state index is 13.9. The second-order valence-corrected chi connectivity index (χ2v) is 6.76. The molecule has 0 radical (unpaired) electrons. The first kappa shape index (κ1) is 23.3. The number of methoxy groups -OCH3 is 1. The molecule has 2 aromatic rings. The lowest BCUT2D eigenvalue weighted by atomic mass is 10.1. The van der Waals surface area contributed by atoms with Crippen molar-refractivity contribution in [2.24, 2.45) is 4.99 Å². The fourth-order valence-electron chi connectivity index (χ4n) is 3.32. The molecular weight excluding hydrogens is 491 g/mol. The number of hydrogen-bond acceptors (Lipinski definition) is 3. The molecular formula is C21H26F2IN3O2. The van der Waals surface area contributed by atoms with E-state index in [0.29, 0.717) is 25.6 Å². The van der Waals surface area contributed by atoms with Gasteiger partial charge in [-0.3, -0.25) is 4.99 Å². The van der Waals surface area contributed by atoms with Gasteiger partial charge in [0.15, 0.2) is 17.5 Å². The number of morpholine rings is 1. The van der Waals surface area contributed by atoms with Crippen molar-refractivity contribution in [2.45, 2.75) is 25.7 Å². The van der Waals surface area contributed by atoms with Gasteiger partial charge in [0.2, 0.25) is 0 Å². The molecule has 8 heteroatoms. The van der Waals surface area contributed by atoms with Crippen molar-refractivity contribution in [1.82, 2.24) is 10.2 Å². The zero-order valence-electron chi connectivity index (χ0n) is 16.7. The summed E-state index contributed by atoms with van der Waals surface area (Å²) in [5, 5.41) is 3.27. The first-order valence-electron chi connectivity index (χ1n) is 9.19. The predicted octanol–water partition coefficient (Wildman–Crippen LogP) is 4.13. The standard InChI is InChI=1S/C21H25F2N3O2.HI/c1-14-12-26(13-20(28-14)16-5-7-17(22)8-6-16)21(24-2)25-11-15-4-9-19(27-3)18(23)10-15;/h4-10,14,20H,11-13H2,1-3H3,(H,24,25);1H. The van der Waals surface area contributed by atoms with Crippen LogP contribution in [-0.2, 0) is 11.3 Å². The quantitative estimate of drug-likeness (QED) is 0.377. The summed E-state index contributed by atoms with van der Waals surface area (Å²) in [7, 11) is 3.15. The fourth-order valence-corrected chi connectivity index (χ4v) is 3.32. The summed E-state index contributed by atoms with van der Waals surface area (Å²) in [6.07, 6.45) is -0.192. The van der Waals surface area contributed by atoms with Crippen molar-refractivity contribution < 1.29 is 18.3 Å². The average Bonchev–Trinajstić information content (AvgIpc) is 2.69. The highest BCUT2D eigenvalue weighted by molar-refractivity contribution is 14.0. The van der Waals surface area contributed by atoms with Crippen molar-refractivity contribution in [2.75, 3.05) is 27.2 Å². The summed E-state index contributed by atoms with van der Waals surface area (Å²) >= 11 is 0. The van der Waals surface area contributed by atoms with Gasteiger partial charge in [-0.2, -0.15) is 0 Å². The number of nitrogens with one attached hydrogen (secondary N) is 1. The zero-order valence-corrected chi connectivity index (χ0v) is 19.0. The molecule has 29 heavy (non-hydrogen) atoms. The Kier molecular flexibility index (Phi) is 8.63. The average molecular weight is 517 g/mol. The van der Waals surface area contributed by atoms with Crippen LogP contribution in [0.1, 0.15) is 24.2 Å². The third-order valence-electron chi connectivity index (χ3n) is 4.68. The van der Waals surface area contributed by atoms with Crippen LogP contribution in [-0.4, -0.2) is 44.2 Å². The van der Waals surface area contributed by atoms with Crippen LogP contribution in [0.5, 0.6) is 5.75 Å². The molecule has 0 spiro atoms. The second-order valence-electron chi connectivity index (χ2n) is 6.76. The Labute approximate surface area is 187 Å². The second kappa shape index (κ2) is 10.7. The lowest BCUT2D eigenvalue weighted by Crippen LogP contribution is -2.50. The van der Waals surface area contributed by atoms with E-state index < -0.39 is 5.82 Å². The predicted molar refractivity (Wildman–Crippen MR) is 120 cm³/mol. The van der Waals surface area contributed by atoms with Crippen LogP contribution in [0, 0.1) is 11.6 Å². The van der Waals surface area contributed by atoms with Crippen molar-refractivity contribution in [1.29, 1.82) is 0 Å². The SMILES string of the molecule is CN=C(NCc1ccc(OC)c(F)c1)N1CC(C)OC(c2ccc(F)cc2)C1.I. The van der Waals surface area contributed by atoms with Gasteiger partial charge in [0, 0.05) is 20.1 Å². The summed E-state index contributed by atoms with van der Waals surface area (Å²) < 4.78 is 38.1. The molecule has 1 fully saturated rings. The highest BCUT2D eigenvalue weighted by Gasteiger charge is 2.28. The number of benzene rings is 2. The monoisotopic (exact) mass is 517 g/mol. The molecule has 0 amide bonds. The lowest BCUT2D eigenvalue weighted by molar-refractivity contribution is -0.0605. The van der Waals surface area contributed by atoms with E-state index in [2.05, 4.69) is 15.2 Å². The van der Waals surface area contributed by atoms with E-state index in [1.54, 1.807) is 25.2 Å². The topological polar surface area (TPSA) is 46.1 Å². The maximum atomic E-state index is 13.9. The summed E-state index contributed by atoms with van der Waals surface area (Å²) in [6, 6.07) is 11.2. The molecule has 158 valence electrons. The Morgan fingerprint density at radius 3 is 2.55 bits per heavy atom. The van der Waals surface area contributed by atoms with E-state index in [0.717, 1.165) is 11.1 Å². The molecule has 0 bridgehead atoms. The number of hydrogen-bond donors (Lipinski definition) is 1. The Bertz CT molecular complexity index is 833. The van der Waals surface area contributed by atoms with Gasteiger partial charge in [-0.15, -0.1) is 24.0 Å². The van der Waals surface area contributed by atoms with E-state index in [1.165, 1.54) is 25.3 Å². The van der Waals surface area contributed by atoms with E-state index in [4.69, 9.17) is 9.47 Å². The third-order valence-corrected chi connectivity index (χ3v) is 4.68. The molecule has 0 saturated carbocycles. The first-order valence-corrected chi connectivity index (χ1v) is 9.19. The number of guanidine groups is 1. The number of ether oxygens (including phenoxy) is 2. The molecule has 0 aliphatic carbocycles. The van der Waals surface area contributed by atoms with Crippen LogP contribution in [0.15, 0.2) is 47.5 Å². The number of halogens is 3. The van der Waals surface area contributed by atoms with Crippen LogP contribution in [0.25, 0.3) is 0 Å². The van der Waals surface area contributed by atoms with E-state index in [9.17, 15) is 8.78 Å². The molecule has 2 aromatic carbocycles. The number of aliphatic imine (C=N–C) groups is 1. The fraction of sp³-hybridized carbons (Fsp3) is 0.381. The largest absolute Gasteiger partial charge is 0.494 e. The smallest absolute Gasteiger partial charge is 0.194 e. The van der Waals surface area contributed by atoms with Crippen LogP contribution in [0.3, 0.4) is 0 Å². The minimum atomic E-state index is -0.395. The molecule has 5 nitrogen and oxygen atoms in total. The Hall–Kier alpha value is -1.94. The van der Waals surface area contributed by atoms with Crippen LogP contribution in [0.4, 0.5) is 8.78 Å². The Morgan fingerprint density at radius 1 is 1.21 bits per heavy atom. The molecule has 0 aromatic heterocycles. The van der Waals surface area contributed by atoms with Gasteiger partial charge in [-0.25, -0.2) is 8.78 Å². The molecule has 1 saturated heterocycles. The van der Waals surface area contributed by atoms with E-state index >= 15 is 0 Å².